The second-order valence-corrected chi connectivity index (χ2v) is 16.7. The largest absolute Gasteiger partial charge is 0.277 e. The molecule has 274 valence electrons. The SMILES string of the molecule is c1ccc(-c2ccc(-c3nc(-n4c5cc6c(cc5c5ccc7ccccc7c54)C4(c5ccccc5S6)c5ccccc5-c5ccccc54)nc4ccccc34)cc2)cc1. The Morgan fingerprint density at radius 1 is 0.407 bits per heavy atom. The number of hydrogen-bond donors (Lipinski definition) is 0. The van der Waals surface area contributed by atoms with Gasteiger partial charge in [-0.25, -0.2) is 9.97 Å². The van der Waals surface area contributed by atoms with Gasteiger partial charge in [-0.15, -0.1) is 0 Å². The average Bonchev–Trinajstić information content (AvgIpc) is 3.79. The maximum absolute atomic E-state index is 5.55. The molecule has 1 spiro atoms. The number of hydrogen-bond acceptors (Lipinski definition) is 3. The van der Waals surface area contributed by atoms with E-state index in [0.717, 1.165) is 33.2 Å². The molecule has 4 heteroatoms. The Kier molecular flexibility index (Phi) is 6.87. The van der Waals surface area contributed by atoms with Crippen molar-refractivity contribution < 1.29 is 0 Å². The van der Waals surface area contributed by atoms with Crippen LogP contribution in [-0.2, 0) is 5.41 Å². The van der Waals surface area contributed by atoms with Gasteiger partial charge in [0.05, 0.1) is 27.7 Å². The lowest BCUT2D eigenvalue weighted by atomic mass is 9.67. The Morgan fingerprint density at radius 2 is 1.03 bits per heavy atom. The Balaban J connectivity index is 1.13. The van der Waals surface area contributed by atoms with E-state index in [1.807, 2.05) is 11.8 Å². The zero-order valence-corrected chi connectivity index (χ0v) is 32.6. The molecule has 9 aromatic carbocycles. The fraction of sp³-hybridized carbons (Fsp3) is 0.0182. The summed E-state index contributed by atoms with van der Waals surface area (Å²) in [5, 5.41) is 5.76. The minimum atomic E-state index is -0.470. The first-order valence-corrected chi connectivity index (χ1v) is 21.0. The van der Waals surface area contributed by atoms with Crippen molar-refractivity contribution in [2.75, 3.05) is 0 Å². The summed E-state index contributed by atoms with van der Waals surface area (Å²) in [6, 6.07) is 73.0. The number of fused-ring (bicyclic) bond motifs is 15. The molecule has 13 rings (SSSR count). The molecule has 0 unspecified atom stereocenters. The molecule has 2 aliphatic rings. The lowest BCUT2D eigenvalue weighted by Gasteiger charge is -2.39. The maximum Gasteiger partial charge on any atom is 0.235 e. The molecule has 0 radical (unpaired) electrons. The molecule has 0 saturated carbocycles. The minimum Gasteiger partial charge on any atom is -0.277 e. The van der Waals surface area contributed by atoms with Gasteiger partial charge in [-0.2, -0.15) is 0 Å². The van der Waals surface area contributed by atoms with Crippen LogP contribution in [0.3, 0.4) is 0 Å². The van der Waals surface area contributed by atoms with E-state index >= 15 is 0 Å². The Morgan fingerprint density at radius 3 is 1.83 bits per heavy atom. The van der Waals surface area contributed by atoms with E-state index in [2.05, 4.69) is 205 Å². The highest BCUT2D eigenvalue weighted by Crippen LogP contribution is 2.62. The molecule has 3 heterocycles. The van der Waals surface area contributed by atoms with Crippen LogP contribution >= 0.6 is 11.8 Å². The van der Waals surface area contributed by atoms with Gasteiger partial charge in [-0.1, -0.05) is 188 Å². The molecule has 3 nitrogen and oxygen atoms in total. The average molecular weight is 768 g/mol. The minimum absolute atomic E-state index is 0.470. The Bertz CT molecular complexity index is 3480. The van der Waals surface area contributed by atoms with Crippen LogP contribution in [0.5, 0.6) is 0 Å². The summed E-state index contributed by atoms with van der Waals surface area (Å²) in [6.45, 7) is 0. The van der Waals surface area contributed by atoms with Gasteiger partial charge in [0.15, 0.2) is 0 Å². The Labute approximate surface area is 345 Å². The van der Waals surface area contributed by atoms with Crippen LogP contribution in [-0.4, -0.2) is 14.5 Å². The Hall–Kier alpha value is -7.27. The molecule has 0 saturated heterocycles. The molecule has 11 aromatic rings. The van der Waals surface area contributed by atoms with E-state index in [0.29, 0.717) is 5.95 Å². The fourth-order valence-electron chi connectivity index (χ4n) is 10.2. The summed E-state index contributed by atoms with van der Waals surface area (Å²) in [7, 11) is 0. The summed E-state index contributed by atoms with van der Waals surface area (Å²) in [5.41, 5.74) is 14.9. The summed E-state index contributed by atoms with van der Waals surface area (Å²) in [6.07, 6.45) is 0. The van der Waals surface area contributed by atoms with Crippen LogP contribution in [0.2, 0.25) is 0 Å². The van der Waals surface area contributed by atoms with Gasteiger partial charge in [0.25, 0.3) is 0 Å². The van der Waals surface area contributed by atoms with Crippen LogP contribution in [0.25, 0.3) is 82.9 Å². The van der Waals surface area contributed by atoms with E-state index in [1.165, 1.54) is 75.8 Å². The smallest absolute Gasteiger partial charge is 0.235 e. The molecular formula is C55H33N3S. The first-order chi connectivity index (χ1) is 29.3. The predicted molar refractivity (Wildman–Crippen MR) is 244 cm³/mol. The molecular weight excluding hydrogens is 735 g/mol. The summed E-state index contributed by atoms with van der Waals surface area (Å²) >= 11 is 1.87. The molecule has 59 heavy (non-hydrogen) atoms. The summed E-state index contributed by atoms with van der Waals surface area (Å²) in [4.78, 5) is 13.5. The lowest BCUT2D eigenvalue weighted by Crippen LogP contribution is -2.32. The number of benzene rings is 9. The summed E-state index contributed by atoms with van der Waals surface area (Å²) in [5.74, 6) is 0.662. The molecule has 1 aliphatic heterocycles. The van der Waals surface area contributed by atoms with Crippen molar-refractivity contribution in [2.45, 2.75) is 15.2 Å². The second kappa shape index (κ2) is 12.4. The van der Waals surface area contributed by atoms with Gasteiger partial charge in [0, 0.05) is 36.9 Å². The van der Waals surface area contributed by atoms with Crippen LogP contribution < -0.4 is 0 Å². The number of rotatable bonds is 3. The molecule has 0 amide bonds. The van der Waals surface area contributed by atoms with E-state index in [1.54, 1.807) is 0 Å². The lowest BCUT2D eigenvalue weighted by molar-refractivity contribution is 0.724. The van der Waals surface area contributed by atoms with Gasteiger partial charge in [0.1, 0.15) is 0 Å². The topological polar surface area (TPSA) is 30.7 Å². The summed E-state index contributed by atoms with van der Waals surface area (Å²) < 4.78 is 2.34. The van der Waals surface area contributed by atoms with Crippen LogP contribution in [0.1, 0.15) is 22.3 Å². The maximum atomic E-state index is 5.55. The molecule has 2 aromatic heterocycles. The quantitative estimate of drug-likeness (QED) is 0.179. The second-order valence-electron chi connectivity index (χ2n) is 15.7. The highest BCUT2D eigenvalue weighted by molar-refractivity contribution is 7.99. The van der Waals surface area contributed by atoms with Crippen molar-refractivity contribution >= 4 is 55.2 Å². The van der Waals surface area contributed by atoms with Crippen molar-refractivity contribution in [1.29, 1.82) is 0 Å². The fourth-order valence-corrected chi connectivity index (χ4v) is 11.4. The molecule has 1 aliphatic carbocycles. The number of para-hydroxylation sites is 1. The first-order valence-electron chi connectivity index (χ1n) is 20.2. The molecule has 0 fully saturated rings. The highest BCUT2D eigenvalue weighted by Gasteiger charge is 2.50. The van der Waals surface area contributed by atoms with Gasteiger partial charge in [-0.05, 0) is 74.2 Å². The van der Waals surface area contributed by atoms with Crippen LogP contribution in [0.4, 0.5) is 0 Å². The highest BCUT2D eigenvalue weighted by atomic mass is 32.2. The van der Waals surface area contributed by atoms with E-state index < -0.39 is 5.41 Å². The number of nitrogens with zero attached hydrogens (tertiary/aromatic N) is 3. The van der Waals surface area contributed by atoms with Crippen LogP contribution in [0.15, 0.2) is 210 Å². The zero-order chi connectivity index (χ0) is 38.7. The zero-order valence-electron chi connectivity index (χ0n) is 31.8. The molecule has 0 atom stereocenters. The van der Waals surface area contributed by atoms with Gasteiger partial charge in [0.2, 0.25) is 5.95 Å². The van der Waals surface area contributed by atoms with Crippen molar-refractivity contribution in [3.05, 3.63) is 222 Å². The molecule has 0 bridgehead atoms. The van der Waals surface area contributed by atoms with Crippen molar-refractivity contribution in [2.24, 2.45) is 0 Å². The van der Waals surface area contributed by atoms with Crippen molar-refractivity contribution in [3.8, 4) is 39.5 Å². The van der Waals surface area contributed by atoms with Crippen molar-refractivity contribution in [3.63, 3.8) is 0 Å². The normalized spacial score (nSPS) is 13.5. The molecule has 0 N–H and O–H groups in total. The van der Waals surface area contributed by atoms with Gasteiger partial charge >= 0.3 is 0 Å². The van der Waals surface area contributed by atoms with Crippen LogP contribution in [0, 0.1) is 0 Å². The monoisotopic (exact) mass is 767 g/mol. The number of aromatic nitrogens is 3. The third kappa shape index (κ3) is 4.55. The predicted octanol–water partition coefficient (Wildman–Crippen LogP) is 14.0. The third-order valence-electron chi connectivity index (χ3n) is 12.7. The first kappa shape index (κ1) is 32.8. The van der Waals surface area contributed by atoms with E-state index in [-0.39, 0.29) is 0 Å². The standard InChI is InChI=1S/C55H33N3S/c1-2-14-34(15-3-1)35-26-28-37(29-27-35)52-42-20-8-12-24-48(42)56-54(57-52)58-49-33-51-47(32-43(49)41-31-30-36-16-4-5-17-38(36)53(41)58)55(46-23-11-13-25-50(46)59-51)44-21-9-6-18-39(44)40-19-7-10-22-45(40)55/h1-33H. The van der Waals surface area contributed by atoms with Gasteiger partial charge < -0.3 is 0 Å². The van der Waals surface area contributed by atoms with Gasteiger partial charge in [-0.3, -0.25) is 4.57 Å². The van der Waals surface area contributed by atoms with E-state index in [4.69, 9.17) is 9.97 Å². The third-order valence-corrected chi connectivity index (χ3v) is 13.8. The van der Waals surface area contributed by atoms with Crippen molar-refractivity contribution in [1.82, 2.24) is 14.5 Å². The van der Waals surface area contributed by atoms with E-state index in [9.17, 15) is 0 Å².